The van der Waals surface area contributed by atoms with Gasteiger partial charge in [0.2, 0.25) is 0 Å². The van der Waals surface area contributed by atoms with Gasteiger partial charge in [-0.25, -0.2) is 0 Å². The molecule has 21 heavy (non-hydrogen) atoms. The maximum atomic E-state index is 9.69. The SMILES string of the molecule is C=CN=C/C(=C\C)c1ccc(C)c(C2C(C)C2C(=C)O)c1. The van der Waals surface area contributed by atoms with Gasteiger partial charge in [-0.05, 0) is 47.9 Å². The van der Waals surface area contributed by atoms with Gasteiger partial charge in [-0.1, -0.05) is 44.4 Å². The van der Waals surface area contributed by atoms with E-state index >= 15 is 0 Å². The van der Waals surface area contributed by atoms with Crippen molar-refractivity contribution in [3.05, 3.63) is 66.1 Å². The highest BCUT2D eigenvalue weighted by Gasteiger charge is 2.50. The Kier molecular flexibility index (Phi) is 4.46. The van der Waals surface area contributed by atoms with Crippen LogP contribution in [0.1, 0.15) is 36.5 Å². The van der Waals surface area contributed by atoms with Gasteiger partial charge in [0.15, 0.2) is 0 Å². The van der Waals surface area contributed by atoms with Crippen LogP contribution in [0.2, 0.25) is 0 Å². The molecule has 2 nitrogen and oxygen atoms in total. The zero-order chi connectivity index (χ0) is 15.6. The first-order chi connectivity index (χ1) is 10.0. The molecule has 0 radical (unpaired) electrons. The predicted octanol–water partition coefficient (Wildman–Crippen LogP) is 5.03. The van der Waals surface area contributed by atoms with E-state index in [9.17, 15) is 5.11 Å². The molecule has 1 saturated carbocycles. The van der Waals surface area contributed by atoms with Crippen molar-refractivity contribution >= 4 is 11.8 Å². The molecule has 2 rings (SSSR count). The minimum absolute atomic E-state index is 0.190. The van der Waals surface area contributed by atoms with Gasteiger partial charge >= 0.3 is 0 Å². The van der Waals surface area contributed by atoms with Crippen LogP contribution in [0, 0.1) is 18.8 Å². The molecule has 1 aromatic rings. The monoisotopic (exact) mass is 281 g/mol. The number of hydrogen-bond donors (Lipinski definition) is 1. The number of aliphatic hydroxyl groups is 1. The lowest BCUT2D eigenvalue weighted by atomic mass is 9.96. The lowest BCUT2D eigenvalue weighted by molar-refractivity contribution is 0.374. The van der Waals surface area contributed by atoms with E-state index in [0.29, 0.717) is 17.6 Å². The van der Waals surface area contributed by atoms with Crippen LogP contribution >= 0.6 is 0 Å². The topological polar surface area (TPSA) is 32.6 Å². The van der Waals surface area contributed by atoms with Crippen molar-refractivity contribution < 1.29 is 5.11 Å². The van der Waals surface area contributed by atoms with E-state index in [1.54, 1.807) is 0 Å². The second kappa shape index (κ2) is 6.13. The Hall–Kier alpha value is -2.09. The molecule has 0 heterocycles. The third kappa shape index (κ3) is 2.99. The Morgan fingerprint density at radius 3 is 2.62 bits per heavy atom. The number of aliphatic imine (C=N–C) groups is 1. The summed E-state index contributed by atoms with van der Waals surface area (Å²) >= 11 is 0. The van der Waals surface area contributed by atoms with Crippen LogP contribution in [-0.4, -0.2) is 11.3 Å². The molecule has 3 atom stereocenters. The Morgan fingerprint density at radius 2 is 2.10 bits per heavy atom. The Bertz CT molecular complexity index is 624. The molecule has 2 heteroatoms. The molecule has 1 fully saturated rings. The molecular weight excluding hydrogens is 258 g/mol. The number of aryl methyl sites for hydroxylation is 1. The quantitative estimate of drug-likeness (QED) is 0.595. The van der Waals surface area contributed by atoms with Gasteiger partial charge in [0.1, 0.15) is 0 Å². The molecule has 1 aliphatic carbocycles. The minimum atomic E-state index is 0.190. The second-order valence-corrected chi connectivity index (χ2v) is 5.68. The van der Waals surface area contributed by atoms with E-state index in [4.69, 9.17) is 0 Å². The molecule has 0 amide bonds. The summed E-state index contributed by atoms with van der Waals surface area (Å²) < 4.78 is 0. The van der Waals surface area contributed by atoms with Crippen LogP contribution in [0.25, 0.3) is 5.57 Å². The van der Waals surface area contributed by atoms with E-state index in [1.165, 1.54) is 17.3 Å². The predicted molar refractivity (Wildman–Crippen MR) is 90.7 cm³/mol. The van der Waals surface area contributed by atoms with Gasteiger partial charge in [0.05, 0.1) is 5.76 Å². The van der Waals surface area contributed by atoms with Crippen molar-refractivity contribution in [3.63, 3.8) is 0 Å². The van der Waals surface area contributed by atoms with Crippen molar-refractivity contribution in [2.24, 2.45) is 16.8 Å². The summed E-state index contributed by atoms with van der Waals surface area (Å²) in [5.74, 6) is 1.32. The van der Waals surface area contributed by atoms with Crippen molar-refractivity contribution in [1.82, 2.24) is 0 Å². The smallest absolute Gasteiger partial charge is 0.0891 e. The van der Waals surface area contributed by atoms with Gasteiger partial charge in [-0.3, -0.25) is 4.99 Å². The van der Waals surface area contributed by atoms with Crippen molar-refractivity contribution in [2.45, 2.75) is 26.7 Å². The van der Waals surface area contributed by atoms with Crippen LogP contribution in [0.4, 0.5) is 0 Å². The van der Waals surface area contributed by atoms with Gasteiger partial charge in [-0.15, -0.1) is 0 Å². The zero-order valence-corrected chi connectivity index (χ0v) is 13.0. The van der Waals surface area contributed by atoms with E-state index in [-0.39, 0.29) is 5.92 Å². The molecule has 110 valence electrons. The van der Waals surface area contributed by atoms with Crippen LogP contribution in [0.5, 0.6) is 0 Å². The summed E-state index contributed by atoms with van der Waals surface area (Å²) in [4.78, 5) is 4.11. The highest BCUT2D eigenvalue weighted by atomic mass is 16.3. The first-order valence-corrected chi connectivity index (χ1v) is 7.30. The van der Waals surface area contributed by atoms with E-state index in [0.717, 1.165) is 11.1 Å². The average molecular weight is 281 g/mol. The summed E-state index contributed by atoms with van der Waals surface area (Å²) in [5, 5.41) is 9.69. The number of nitrogens with zero attached hydrogens (tertiary/aromatic N) is 1. The van der Waals surface area contributed by atoms with Crippen LogP contribution in [-0.2, 0) is 0 Å². The number of rotatable bonds is 5. The molecule has 1 N–H and O–H groups in total. The summed E-state index contributed by atoms with van der Waals surface area (Å²) in [5.41, 5.74) is 4.77. The molecule has 0 aromatic heterocycles. The number of hydrogen-bond acceptors (Lipinski definition) is 2. The van der Waals surface area contributed by atoms with Crippen LogP contribution in [0.3, 0.4) is 0 Å². The highest BCUT2D eigenvalue weighted by molar-refractivity contribution is 6.09. The van der Waals surface area contributed by atoms with Crippen molar-refractivity contribution in [3.8, 4) is 0 Å². The molecule has 0 aliphatic heterocycles. The third-order valence-electron chi connectivity index (χ3n) is 4.37. The van der Waals surface area contributed by atoms with Gasteiger partial charge < -0.3 is 5.11 Å². The van der Waals surface area contributed by atoms with Gasteiger partial charge in [0.25, 0.3) is 0 Å². The zero-order valence-electron chi connectivity index (χ0n) is 13.0. The van der Waals surface area contributed by atoms with Gasteiger partial charge in [-0.2, -0.15) is 0 Å². The lowest BCUT2D eigenvalue weighted by Gasteiger charge is -2.09. The largest absolute Gasteiger partial charge is 0.513 e. The fraction of sp³-hybridized carbons (Fsp3) is 0.316. The van der Waals surface area contributed by atoms with Crippen molar-refractivity contribution in [2.75, 3.05) is 0 Å². The Labute approximate surface area is 127 Å². The third-order valence-corrected chi connectivity index (χ3v) is 4.37. The molecule has 1 aromatic carbocycles. The molecule has 0 bridgehead atoms. The first-order valence-electron chi connectivity index (χ1n) is 7.30. The number of benzene rings is 1. The van der Waals surface area contributed by atoms with E-state index in [1.807, 2.05) is 19.2 Å². The van der Waals surface area contributed by atoms with Crippen molar-refractivity contribution in [1.29, 1.82) is 0 Å². The van der Waals surface area contributed by atoms with E-state index < -0.39 is 0 Å². The normalized spacial score (nSPS) is 25.1. The molecule has 0 spiro atoms. The maximum absolute atomic E-state index is 9.69. The standard InChI is InChI=1S/C19H23NO/c1-6-15(11-20-7-2)16-9-8-12(3)17(10-16)19-13(4)18(19)14(5)21/h6-11,13,18-19,21H,2,5H2,1,3-4H3/b15-6+,20-11?. The molecular formula is C19H23NO. The lowest BCUT2D eigenvalue weighted by Crippen LogP contribution is -1.94. The fourth-order valence-corrected chi connectivity index (χ4v) is 3.08. The summed E-state index contributed by atoms with van der Waals surface area (Å²) in [6.45, 7) is 13.6. The van der Waals surface area contributed by atoms with Crippen LogP contribution < -0.4 is 0 Å². The summed E-state index contributed by atoms with van der Waals surface area (Å²) in [6.07, 6.45) is 5.40. The molecule has 0 saturated heterocycles. The van der Waals surface area contributed by atoms with E-state index in [2.05, 4.69) is 50.2 Å². The number of aliphatic hydroxyl groups excluding tert-OH is 1. The fourth-order valence-electron chi connectivity index (χ4n) is 3.08. The molecule has 1 aliphatic rings. The van der Waals surface area contributed by atoms with Gasteiger partial charge in [0, 0.05) is 18.3 Å². The maximum Gasteiger partial charge on any atom is 0.0891 e. The Morgan fingerprint density at radius 1 is 1.38 bits per heavy atom. The summed E-state index contributed by atoms with van der Waals surface area (Å²) in [7, 11) is 0. The second-order valence-electron chi connectivity index (χ2n) is 5.68. The number of allylic oxidation sites excluding steroid dienone is 3. The Balaban J connectivity index is 2.37. The average Bonchev–Trinajstić information content (AvgIpc) is 3.12. The highest BCUT2D eigenvalue weighted by Crippen LogP contribution is 2.57. The molecule has 3 unspecified atom stereocenters. The minimum Gasteiger partial charge on any atom is -0.513 e. The first kappa shape index (κ1) is 15.3. The summed E-state index contributed by atoms with van der Waals surface area (Å²) in [6, 6.07) is 6.46. The van der Waals surface area contributed by atoms with Crippen LogP contribution in [0.15, 0.2) is 54.4 Å².